The number of carbonyl (C=O) groups is 1. The van der Waals surface area contributed by atoms with E-state index >= 15 is 0 Å². The van der Waals surface area contributed by atoms with Crippen LogP contribution in [0, 0.1) is 23.2 Å². The molecule has 94 valence electrons. The van der Waals surface area contributed by atoms with Gasteiger partial charge in [-0.2, -0.15) is 0 Å². The average molecular weight is 241 g/mol. The zero-order chi connectivity index (χ0) is 12.2. The molecule has 1 heterocycles. The zero-order valence-corrected chi connectivity index (χ0v) is 10.6. The Bertz CT molecular complexity index is 444. The molecular formula is C16H19NO. The zero-order valence-electron chi connectivity index (χ0n) is 10.6. The molecule has 0 aliphatic heterocycles. The fourth-order valence-corrected chi connectivity index (χ4v) is 5.20. The van der Waals surface area contributed by atoms with Gasteiger partial charge < -0.3 is 0 Å². The molecule has 4 bridgehead atoms. The van der Waals surface area contributed by atoms with Crippen LogP contribution in [-0.4, -0.2) is 10.8 Å². The van der Waals surface area contributed by atoms with Crippen molar-refractivity contribution >= 4 is 5.78 Å². The summed E-state index contributed by atoms with van der Waals surface area (Å²) in [5.74, 6) is 2.91. The van der Waals surface area contributed by atoms with Crippen molar-refractivity contribution in [2.75, 3.05) is 0 Å². The SMILES string of the molecule is O=C(c1ccncc1)C12CC3CC(CC(C3)C1)C2. The Hall–Kier alpha value is -1.18. The summed E-state index contributed by atoms with van der Waals surface area (Å²) in [7, 11) is 0. The number of hydrogen-bond donors (Lipinski definition) is 0. The van der Waals surface area contributed by atoms with Gasteiger partial charge in [-0.3, -0.25) is 9.78 Å². The first kappa shape index (κ1) is 10.7. The Kier molecular flexibility index (Phi) is 2.18. The Morgan fingerprint density at radius 2 is 1.50 bits per heavy atom. The third-order valence-corrected chi connectivity index (χ3v) is 5.46. The Balaban J connectivity index is 1.70. The molecule has 0 amide bonds. The summed E-state index contributed by atoms with van der Waals surface area (Å²) in [6, 6.07) is 3.78. The number of rotatable bonds is 2. The summed E-state index contributed by atoms with van der Waals surface area (Å²) < 4.78 is 0. The molecule has 4 aliphatic carbocycles. The molecule has 2 nitrogen and oxygen atoms in total. The number of ketones is 1. The van der Waals surface area contributed by atoms with E-state index in [1.807, 2.05) is 12.1 Å². The third kappa shape index (κ3) is 1.47. The van der Waals surface area contributed by atoms with Crippen molar-refractivity contribution < 1.29 is 4.79 Å². The molecule has 5 rings (SSSR count). The van der Waals surface area contributed by atoms with E-state index in [0.717, 1.165) is 42.6 Å². The van der Waals surface area contributed by atoms with Crippen molar-refractivity contribution in [2.24, 2.45) is 23.2 Å². The topological polar surface area (TPSA) is 30.0 Å². The maximum atomic E-state index is 12.9. The van der Waals surface area contributed by atoms with Gasteiger partial charge in [0.05, 0.1) is 0 Å². The van der Waals surface area contributed by atoms with Crippen LogP contribution >= 0.6 is 0 Å². The predicted molar refractivity (Wildman–Crippen MR) is 69.2 cm³/mol. The largest absolute Gasteiger partial charge is 0.294 e. The molecule has 4 fully saturated rings. The molecule has 2 heteroatoms. The third-order valence-electron chi connectivity index (χ3n) is 5.46. The normalized spacial score (nSPS) is 41.0. The van der Waals surface area contributed by atoms with E-state index in [1.54, 1.807) is 12.4 Å². The summed E-state index contributed by atoms with van der Waals surface area (Å²) in [6.07, 6.45) is 11.1. The predicted octanol–water partition coefficient (Wildman–Crippen LogP) is 3.48. The summed E-state index contributed by atoms with van der Waals surface area (Å²) >= 11 is 0. The molecule has 0 aromatic carbocycles. The fourth-order valence-electron chi connectivity index (χ4n) is 5.20. The molecular weight excluding hydrogens is 222 g/mol. The molecule has 4 saturated carbocycles. The Labute approximate surface area is 108 Å². The lowest BCUT2D eigenvalue weighted by atomic mass is 9.48. The molecule has 0 atom stereocenters. The van der Waals surface area contributed by atoms with Crippen molar-refractivity contribution in [1.29, 1.82) is 0 Å². The van der Waals surface area contributed by atoms with Crippen molar-refractivity contribution in [3.63, 3.8) is 0 Å². The summed E-state index contributed by atoms with van der Waals surface area (Å²) in [5.41, 5.74) is 0.878. The molecule has 1 aromatic heterocycles. The monoisotopic (exact) mass is 241 g/mol. The second-order valence-corrected chi connectivity index (χ2v) is 6.76. The van der Waals surface area contributed by atoms with Gasteiger partial charge in [-0.05, 0) is 68.4 Å². The lowest BCUT2D eigenvalue weighted by Crippen LogP contribution is -2.50. The van der Waals surface area contributed by atoms with Gasteiger partial charge in [0.25, 0.3) is 0 Å². The van der Waals surface area contributed by atoms with Gasteiger partial charge in [0.15, 0.2) is 5.78 Å². The van der Waals surface area contributed by atoms with Crippen molar-refractivity contribution in [3.05, 3.63) is 30.1 Å². The van der Waals surface area contributed by atoms with Gasteiger partial charge in [0, 0.05) is 23.4 Å². The van der Waals surface area contributed by atoms with E-state index in [-0.39, 0.29) is 5.41 Å². The first-order valence-electron chi connectivity index (χ1n) is 7.20. The number of hydrogen-bond acceptors (Lipinski definition) is 2. The van der Waals surface area contributed by atoms with Crippen LogP contribution in [0.5, 0.6) is 0 Å². The molecule has 0 spiro atoms. The highest BCUT2D eigenvalue weighted by Crippen LogP contribution is 2.60. The van der Waals surface area contributed by atoms with E-state index < -0.39 is 0 Å². The van der Waals surface area contributed by atoms with Gasteiger partial charge in [-0.25, -0.2) is 0 Å². The Morgan fingerprint density at radius 3 is 2.00 bits per heavy atom. The molecule has 0 N–H and O–H groups in total. The molecule has 0 saturated heterocycles. The van der Waals surface area contributed by atoms with Crippen molar-refractivity contribution in [1.82, 2.24) is 4.98 Å². The summed E-state index contributed by atoms with van der Waals surface area (Å²) in [6.45, 7) is 0. The second-order valence-electron chi connectivity index (χ2n) is 6.76. The van der Waals surface area contributed by atoms with Crippen LogP contribution in [0.15, 0.2) is 24.5 Å². The Morgan fingerprint density at radius 1 is 1.00 bits per heavy atom. The van der Waals surface area contributed by atoms with E-state index in [4.69, 9.17) is 0 Å². The minimum absolute atomic E-state index is 0.00387. The van der Waals surface area contributed by atoms with Crippen LogP contribution in [0.4, 0.5) is 0 Å². The summed E-state index contributed by atoms with van der Waals surface area (Å²) in [4.78, 5) is 16.9. The van der Waals surface area contributed by atoms with E-state index in [2.05, 4.69) is 4.98 Å². The van der Waals surface area contributed by atoms with Crippen LogP contribution in [0.3, 0.4) is 0 Å². The molecule has 4 aliphatic rings. The van der Waals surface area contributed by atoms with E-state index in [1.165, 1.54) is 19.3 Å². The molecule has 18 heavy (non-hydrogen) atoms. The van der Waals surface area contributed by atoms with Crippen molar-refractivity contribution in [2.45, 2.75) is 38.5 Å². The van der Waals surface area contributed by atoms with Crippen LogP contribution in [0.25, 0.3) is 0 Å². The lowest BCUT2D eigenvalue weighted by molar-refractivity contribution is -0.0353. The summed E-state index contributed by atoms with van der Waals surface area (Å²) in [5, 5.41) is 0. The second kappa shape index (κ2) is 3.66. The first-order valence-corrected chi connectivity index (χ1v) is 7.20. The van der Waals surface area contributed by atoms with Crippen LogP contribution < -0.4 is 0 Å². The lowest BCUT2D eigenvalue weighted by Gasteiger charge is -2.55. The maximum Gasteiger partial charge on any atom is 0.169 e. The van der Waals surface area contributed by atoms with Crippen LogP contribution in [0.1, 0.15) is 48.9 Å². The number of carbonyl (C=O) groups excluding carboxylic acids is 1. The minimum Gasteiger partial charge on any atom is -0.294 e. The highest BCUT2D eigenvalue weighted by molar-refractivity contribution is 6.00. The van der Waals surface area contributed by atoms with Gasteiger partial charge in [-0.15, -0.1) is 0 Å². The van der Waals surface area contributed by atoms with Gasteiger partial charge in [0.2, 0.25) is 0 Å². The number of pyridine rings is 1. The van der Waals surface area contributed by atoms with Gasteiger partial charge in [-0.1, -0.05) is 0 Å². The first-order chi connectivity index (χ1) is 8.75. The van der Waals surface area contributed by atoms with Crippen molar-refractivity contribution in [3.8, 4) is 0 Å². The molecule has 1 aromatic rings. The standard InChI is InChI=1S/C16H19NO/c18-15(14-1-3-17-4-2-14)16-8-11-5-12(9-16)7-13(6-11)10-16/h1-4,11-13H,5-10H2. The maximum absolute atomic E-state index is 12.9. The number of Topliss-reactive ketones (excluding diaryl/α,β-unsaturated/α-hetero) is 1. The quantitative estimate of drug-likeness (QED) is 0.742. The van der Waals surface area contributed by atoms with Crippen LogP contribution in [-0.2, 0) is 0 Å². The highest BCUT2D eigenvalue weighted by atomic mass is 16.1. The molecule has 0 unspecified atom stereocenters. The highest BCUT2D eigenvalue weighted by Gasteiger charge is 2.54. The van der Waals surface area contributed by atoms with E-state index in [9.17, 15) is 4.79 Å². The number of nitrogens with zero attached hydrogens (tertiary/aromatic N) is 1. The molecule has 0 radical (unpaired) electrons. The fraction of sp³-hybridized carbons (Fsp3) is 0.625. The van der Waals surface area contributed by atoms with E-state index in [0.29, 0.717) is 5.78 Å². The average Bonchev–Trinajstić information content (AvgIpc) is 2.37. The van der Waals surface area contributed by atoms with Crippen LogP contribution in [0.2, 0.25) is 0 Å². The van der Waals surface area contributed by atoms with Gasteiger partial charge in [0.1, 0.15) is 0 Å². The smallest absolute Gasteiger partial charge is 0.169 e. The minimum atomic E-state index is -0.00387. The number of aromatic nitrogens is 1. The van der Waals surface area contributed by atoms with Gasteiger partial charge >= 0.3 is 0 Å².